The molecule has 0 spiro atoms. The van der Waals surface area contributed by atoms with E-state index >= 15 is 0 Å². The van der Waals surface area contributed by atoms with Gasteiger partial charge in [0.1, 0.15) is 0 Å². The standard InChI is InChI=1S/C20H24N2O3S/c1-14-16(9-10-17(22-14)18-8-5-11-26-18)20(24)25-13-19(23)21-12-15-6-3-2-4-7-15/h5,8-11,15H,2-4,6-7,12-13H2,1H3,(H,21,23). The van der Waals surface area contributed by atoms with E-state index in [0.29, 0.717) is 23.7 Å². The summed E-state index contributed by atoms with van der Waals surface area (Å²) in [5, 5.41) is 4.86. The van der Waals surface area contributed by atoms with Gasteiger partial charge < -0.3 is 10.1 Å². The van der Waals surface area contributed by atoms with E-state index in [0.717, 1.165) is 10.6 Å². The molecule has 2 aromatic rings. The van der Waals surface area contributed by atoms with Crippen LogP contribution in [0.2, 0.25) is 0 Å². The van der Waals surface area contributed by atoms with E-state index in [1.807, 2.05) is 17.5 Å². The highest BCUT2D eigenvalue weighted by Crippen LogP contribution is 2.24. The second-order valence-corrected chi connectivity index (χ2v) is 7.64. The first-order chi connectivity index (χ1) is 12.6. The highest BCUT2D eigenvalue weighted by molar-refractivity contribution is 7.13. The van der Waals surface area contributed by atoms with E-state index in [1.54, 1.807) is 30.4 Å². The number of aromatic nitrogens is 1. The number of nitrogens with zero attached hydrogens (tertiary/aromatic N) is 1. The number of hydrogen-bond donors (Lipinski definition) is 1. The summed E-state index contributed by atoms with van der Waals surface area (Å²) >= 11 is 1.60. The number of ether oxygens (including phenoxy) is 1. The van der Waals surface area contributed by atoms with Crippen molar-refractivity contribution in [3.8, 4) is 10.6 Å². The summed E-state index contributed by atoms with van der Waals surface area (Å²) in [7, 11) is 0. The summed E-state index contributed by atoms with van der Waals surface area (Å²) in [5.74, 6) is -0.204. The van der Waals surface area contributed by atoms with Gasteiger partial charge in [0.2, 0.25) is 0 Å². The first-order valence-electron chi connectivity index (χ1n) is 9.09. The number of esters is 1. The number of pyridine rings is 1. The van der Waals surface area contributed by atoms with Crippen molar-refractivity contribution in [1.29, 1.82) is 0 Å². The van der Waals surface area contributed by atoms with Crippen molar-refractivity contribution in [3.63, 3.8) is 0 Å². The number of carbonyl (C=O) groups is 2. The Labute approximate surface area is 157 Å². The molecule has 138 valence electrons. The number of nitrogens with one attached hydrogen (secondary N) is 1. The summed E-state index contributed by atoms with van der Waals surface area (Å²) in [4.78, 5) is 29.7. The maximum atomic E-state index is 12.2. The SMILES string of the molecule is Cc1nc(-c2cccs2)ccc1C(=O)OCC(=O)NCC1CCCCC1. The van der Waals surface area contributed by atoms with Gasteiger partial charge in [-0.05, 0) is 49.3 Å². The van der Waals surface area contributed by atoms with Gasteiger partial charge in [0.05, 0.1) is 21.8 Å². The van der Waals surface area contributed by atoms with Crippen molar-refractivity contribution in [1.82, 2.24) is 10.3 Å². The Morgan fingerprint density at radius 2 is 2.04 bits per heavy atom. The molecule has 3 rings (SSSR count). The van der Waals surface area contributed by atoms with Crippen LogP contribution in [0.3, 0.4) is 0 Å². The van der Waals surface area contributed by atoms with Crippen molar-refractivity contribution in [3.05, 3.63) is 40.9 Å². The molecule has 1 amide bonds. The summed E-state index contributed by atoms with van der Waals surface area (Å²) in [6, 6.07) is 7.46. The Morgan fingerprint density at radius 1 is 1.23 bits per heavy atom. The fraction of sp³-hybridized carbons (Fsp3) is 0.450. The van der Waals surface area contributed by atoms with Crippen molar-refractivity contribution < 1.29 is 14.3 Å². The van der Waals surface area contributed by atoms with Gasteiger partial charge in [0.15, 0.2) is 6.61 Å². The highest BCUT2D eigenvalue weighted by Gasteiger charge is 2.17. The normalized spacial score (nSPS) is 14.8. The van der Waals surface area contributed by atoms with Crippen LogP contribution in [0, 0.1) is 12.8 Å². The number of rotatable bonds is 6. The number of hydrogen-bond acceptors (Lipinski definition) is 5. The molecule has 0 atom stereocenters. The van der Waals surface area contributed by atoms with Gasteiger partial charge in [0, 0.05) is 6.54 Å². The summed E-state index contributed by atoms with van der Waals surface area (Å²) in [5.41, 5.74) is 1.83. The highest BCUT2D eigenvalue weighted by atomic mass is 32.1. The maximum Gasteiger partial charge on any atom is 0.340 e. The minimum atomic E-state index is -0.513. The van der Waals surface area contributed by atoms with E-state index in [1.165, 1.54) is 32.1 Å². The van der Waals surface area contributed by atoms with E-state index in [-0.39, 0.29) is 12.5 Å². The fourth-order valence-corrected chi connectivity index (χ4v) is 3.94. The van der Waals surface area contributed by atoms with Crippen LogP contribution in [-0.2, 0) is 9.53 Å². The number of thiophene rings is 1. The van der Waals surface area contributed by atoms with Gasteiger partial charge in [-0.1, -0.05) is 25.3 Å². The smallest absolute Gasteiger partial charge is 0.340 e. The lowest BCUT2D eigenvalue weighted by Crippen LogP contribution is -2.33. The molecule has 1 aliphatic rings. The predicted molar refractivity (Wildman–Crippen MR) is 102 cm³/mol. The molecule has 0 radical (unpaired) electrons. The van der Waals surface area contributed by atoms with Crippen LogP contribution in [-0.4, -0.2) is 30.0 Å². The van der Waals surface area contributed by atoms with Crippen LogP contribution in [0.1, 0.15) is 48.2 Å². The lowest BCUT2D eigenvalue weighted by atomic mass is 9.89. The molecule has 6 heteroatoms. The van der Waals surface area contributed by atoms with Gasteiger partial charge >= 0.3 is 5.97 Å². The van der Waals surface area contributed by atoms with Crippen LogP contribution in [0.5, 0.6) is 0 Å². The van der Waals surface area contributed by atoms with Crippen molar-refractivity contribution in [2.24, 2.45) is 5.92 Å². The lowest BCUT2D eigenvalue weighted by Gasteiger charge is -2.21. The number of carbonyl (C=O) groups excluding carboxylic acids is 2. The third kappa shape index (κ3) is 4.91. The summed E-state index contributed by atoms with van der Waals surface area (Å²) in [6.45, 7) is 2.20. The van der Waals surface area contributed by atoms with Crippen molar-refractivity contribution in [2.45, 2.75) is 39.0 Å². The molecule has 2 heterocycles. The second kappa shape index (κ2) is 8.94. The molecular formula is C20H24N2O3S. The van der Waals surface area contributed by atoms with E-state index < -0.39 is 5.97 Å². The maximum absolute atomic E-state index is 12.2. The van der Waals surface area contributed by atoms with Crippen molar-refractivity contribution in [2.75, 3.05) is 13.2 Å². The third-order valence-corrected chi connectivity index (χ3v) is 5.62. The molecule has 1 saturated carbocycles. The molecule has 1 aliphatic carbocycles. The Hall–Kier alpha value is -2.21. The third-order valence-electron chi connectivity index (χ3n) is 4.73. The molecule has 0 aromatic carbocycles. The average Bonchev–Trinajstić information content (AvgIpc) is 3.20. The van der Waals surface area contributed by atoms with Gasteiger partial charge in [-0.2, -0.15) is 0 Å². The minimum Gasteiger partial charge on any atom is -0.452 e. The Bertz CT molecular complexity index is 752. The summed E-state index contributed by atoms with van der Waals surface area (Å²) < 4.78 is 5.15. The van der Waals surface area contributed by atoms with Crippen LogP contribution in [0.15, 0.2) is 29.6 Å². The zero-order valence-electron chi connectivity index (χ0n) is 15.0. The topological polar surface area (TPSA) is 68.3 Å². The zero-order valence-corrected chi connectivity index (χ0v) is 15.8. The molecule has 1 fully saturated rings. The first-order valence-corrected chi connectivity index (χ1v) is 9.97. The van der Waals surface area contributed by atoms with Crippen molar-refractivity contribution >= 4 is 23.2 Å². The molecule has 1 N–H and O–H groups in total. The van der Waals surface area contributed by atoms with Gasteiger partial charge in [-0.3, -0.25) is 9.78 Å². The van der Waals surface area contributed by atoms with Gasteiger partial charge in [-0.15, -0.1) is 11.3 Å². The van der Waals surface area contributed by atoms with Gasteiger partial charge in [-0.25, -0.2) is 4.79 Å². The zero-order chi connectivity index (χ0) is 18.4. The van der Waals surface area contributed by atoms with Crippen LogP contribution < -0.4 is 5.32 Å². The average molecular weight is 372 g/mol. The second-order valence-electron chi connectivity index (χ2n) is 6.69. The minimum absolute atomic E-state index is 0.246. The molecule has 2 aromatic heterocycles. The van der Waals surface area contributed by atoms with Crippen LogP contribution in [0.25, 0.3) is 10.6 Å². The van der Waals surface area contributed by atoms with E-state index in [2.05, 4.69) is 10.3 Å². The Balaban J connectivity index is 1.49. The van der Waals surface area contributed by atoms with Crippen LogP contribution >= 0.6 is 11.3 Å². The fourth-order valence-electron chi connectivity index (χ4n) is 3.25. The predicted octanol–water partition coefficient (Wildman–Crippen LogP) is 3.97. The molecule has 0 saturated heterocycles. The molecule has 0 unspecified atom stereocenters. The Morgan fingerprint density at radius 3 is 2.73 bits per heavy atom. The number of amides is 1. The monoisotopic (exact) mass is 372 g/mol. The number of aryl methyl sites for hydroxylation is 1. The van der Waals surface area contributed by atoms with Crippen LogP contribution in [0.4, 0.5) is 0 Å². The molecule has 26 heavy (non-hydrogen) atoms. The van der Waals surface area contributed by atoms with E-state index in [4.69, 9.17) is 4.74 Å². The molecular weight excluding hydrogens is 348 g/mol. The molecule has 5 nitrogen and oxygen atoms in total. The molecule has 0 bridgehead atoms. The first kappa shape index (κ1) is 18.6. The molecule has 0 aliphatic heterocycles. The van der Waals surface area contributed by atoms with Gasteiger partial charge in [0.25, 0.3) is 5.91 Å². The Kier molecular flexibility index (Phi) is 6.39. The largest absolute Gasteiger partial charge is 0.452 e. The van der Waals surface area contributed by atoms with E-state index in [9.17, 15) is 9.59 Å². The summed E-state index contributed by atoms with van der Waals surface area (Å²) in [6.07, 6.45) is 6.11. The quantitative estimate of drug-likeness (QED) is 0.779. The lowest BCUT2D eigenvalue weighted by molar-refractivity contribution is -0.124.